The van der Waals surface area contributed by atoms with Crippen LogP contribution >= 0.6 is 0 Å². The van der Waals surface area contributed by atoms with E-state index in [1.807, 2.05) is 32.0 Å². The fraction of sp³-hybridized carbons (Fsp3) is 0.296. The second-order valence-corrected chi connectivity index (χ2v) is 8.36. The molecule has 0 radical (unpaired) electrons. The molecule has 0 aliphatic carbocycles. The first-order chi connectivity index (χ1) is 15.7. The Labute approximate surface area is 194 Å². The van der Waals surface area contributed by atoms with Crippen molar-refractivity contribution < 1.29 is 23.8 Å². The number of carbonyl (C=O) groups is 1. The van der Waals surface area contributed by atoms with Crippen LogP contribution in [0.2, 0.25) is 0 Å². The lowest BCUT2D eigenvalue weighted by Crippen LogP contribution is -2.08. The van der Waals surface area contributed by atoms with Gasteiger partial charge in [-0.1, -0.05) is 42.5 Å². The van der Waals surface area contributed by atoms with Gasteiger partial charge >= 0.3 is 5.97 Å². The Bertz CT molecular complexity index is 1110. The summed E-state index contributed by atoms with van der Waals surface area (Å²) in [4.78, 5) is 11.2. The van der Waals surface area contributed by atoms with E-state index in [0.717, 1.165) is 11.1 Å². The average molecular weight is 452 g/mol. The van der Waals surface area contributed by atoms with Crippen LogP contribution in [0.15, 0.2) is 60.7 Å². The molecular weight excluding hydrogens is 421 g/mol. The molecule has 0 aliphatic heterocycles. The molecule has 3 aromatic carbocycles. The van der Waals surface area contributed by atoms with Crippen molar-refractivity contribution in [2.75, 3.05) is 0 Å². The molecule has 1 unspecified atom stereocenters. The standard InChI is InChI=1S/C27H30FNO4/c1-17(2)32-15-19-11-20(16-33-25-10-5-4-7-21(25)14-26(30)31)13-22(12-19)24-9-6-8-23(18(3)29)27(24)28/h4-13,17-18H,14-16,29H2,1-3H3,(H,30,31). The average Bonchev–Trinajstić information content (AvgIpc) is 2.76. The summed E-state index contributed by atoms with van der Waals surface area (Å²) < 4.78 is 27.0. The van der Waals surface area contributed by atoms with Gasteiger partial charge in [0.15, 0.2) is 0 Å². The van der Waals surface area contributed by atoms with E-state index in [0.29, 0.717) is 34.6 Å². The second kappa shape index (κ2) is 11.1. The van der Waals surface area contributed by atoms with Crippen molar-refractivity contribution in [2.45, 2.75) is 52.6 Å². The molecule has 0 aromatic heterocycles. The SMILES string of the molecule is CC(C)OCc1cc(COc2ccccc2CC(=O)O)cc(-c2cccc(C(C)N)c2F)c1. The first-order valence-electron chi connectivity index (χ1n) is 11.0. The lowest BCUT2D eigenvalue weighted by Gasteiger charge is -2.16. The summed E-state index contributed by atoms with van der Waals surface area (Å²) in [5.74, 6) is -0.755. The van der Waals surface area contributed by atoms with E-state index >= 15 is 4.39 Å². The fourth-order valence-corrected chi connectivity index (χ4v) is 3.59. The highest BCUT2D eigenvalue weighted by Crippen LogP contribution is 2.30. The van der Waals surface area contributed by atoms with Gasteiger partial charge in [-0.15, -0.1) is 0 Å². The zero-order valence-corrected chi connectivity index (χ0v) is 19.2. The quantitative estimate of drug-likeness (QED) is 0.417. The number of halogens is 1. The van der Waals surface area contributed by atoms with Crippen molar-refractivity contribution in [1.82, 2.24) is 0 Å². The van der Waals surface area contributed by atoms with Gasteiger partial charge < -0.3 is 20.3 Å². The number of benzene rings is 3. The summed E-state index contributed by atoms with van der Waals surface area (Å²) in [6.45, 7) is 6.25. The number of carboxylic acid groups (broad SMARTS) is 1. The summed E-state index contributed by atoms with van der Waals surface area (Å²) in [6, 6.07) is 17.6. The third-order valence-corrected chi connectivity index (χ3v) is 5.17. The Hall–Kier alpha value is -3.22. The molecular formula is C27H30FNO4. The summed E-state index contributed by atoms with van der Waals surface area (Å²) in [7, 11) is 0. The molecule has 0 spiro atoms. The maximum absolute atomic E-state index is 15.2. The predicted octanol–water partition coefficient (Wildman–Crippen LogP) is 5.64. The molecule has 5 nitrogen and oxygen atoms in total. The van der Waals surface area contributed by atoms with Gasteiger partial charge in [0.1, 0.15) is 18.2 Å². The third kappa shape index (κ3) is 6.63. The van der Waals surface area contributed by atoms with Crippen molar-refractivity contribution >= 4 is 5.97 Å². The van der Waals surface area contributed by atoms with Crippen molar-refractivity contribution in [2.24, 2.45) is 5.73 Å². The van der Waals surface area contributed by atoms with E-state index in [9.17, 15) is 4.79 Å². The Morgan fingerprint density at radius 3 is 2.36 bits per heavy atom. The molecule has 33 heavy (non-hydrogen) atoms. The maximum atomic E-state index is 15.2. The van der Waals surface area contributed by atoms with Gasteiger partial charge in [-0.2, -0.15) is 0 Å². The maximum Gasteiger partial charge on any atom is 0.307 e. The van der Waals surface area contributed by atoms with Crippen molar-refractivity contribution in [3.8, 4) is 16.9 Å². The molecule has 1 atom stereocenters. The number of aliphatic carboxylic acids is 1. The topological polar surface area (TPSA) is 81.8 Å². The van der Waals surface area contributed by atoms with Crippen LogP contribution in [0.1, 0.15) is 49.1 Å². The van der Waals surface area contributed by atoms with Crippen LogP contribution in [0.3, 0.4) is 0 Å². The van der Waals surface area contributed by atoms with E-state index in [4.69, 9.17) is 20.3 Å². The smallest absolute Gasteiger partial charge is 0.307 e. The molecule has 0 heterocycles. The van der Waals surface area contributed by atoms with Gasteiger partial charge in [0, 0.05) is 22.7 Å². The minimum absolute atomic E-state index is 0.0504. The van der Waals surface area contributed by atoms with Crippen LogP contribution in [0.4, 0.5) is 4.39 Å². The number of rotatable bonds is 10. The normalized spacial score (nSPS) is 12.1. The van der Waals surface area contributed by atoms with Crippen LogP contribution in [0.5, 0.6) is 5.75 Å². The molecule has 0 saturated heterocycles. The molecule has 3 rings (SSSR count). The Balaban J connectivity index is 1.95. The minimum atomic E-state index is -0.925. The van der Waals surface area contributed by atoms with Gasteiger partial charge in [-0.05, 0) is 55.7 Å². The molecule has 0 bridgehead atoms. The molecule has 174 valence electrons. The largest absolute Gasteiger partial charge is 0.489 e. The van der Waals surface area contributed by atoms with Crippen LogP contribution in [-0.2, 0) is 29.2 Å². The molecule has 0 saturated carbocycles. The highest BCUT2D eigenvalue weighted by Gasteiger charge is 2.15. The van der Waals surface area contributed by atoms with E-state index < -0.39 is 12.0 Å². The Kier molecular flexibility index (Phi) is 8.20. The van der Waals surface area contributed by atoms with Crippen molar-refractivity contribution in [3.05, 3.63) is 88.7 Å². The summed E-state index contributed by atoms with van der Waals surface area (Å²) in [5.41, 5.74) is 9.88. The molecule has 0 amide bonds. The van der Waals surface area contributed by atoms with Crippen molar-refractivity contribution in [1.29, 1.82) is 0 Å². The molecule has 0 aliphatic rings. The fourth-order valence-electron chi connectivity index (χ4n) is 3.59. The number of hydrogen-bond acceptors (Lipinski definition) is 4. The Morgan fingerprint density at radius 1 is 1.00 bits per heavy atom. The molecule has 6 heteroatoms. The van der Waals surface area contributed by atoms with E-state index in [1.54, 1.807) is 49.4 Å². The molecule has 3 aromatic rings. The summed E-state index contributed by atoms with van der Waals surface area (Å²) >= 11 is 0. The second-order valence-electron chi connectivity index (χ2n) is 8.36. The summed E-state index contributed by atoms with van der Waals surface area (Å²) in [5, 5.41) is 9.15. The Morgan fingerprint density at radius 2 is 1.70 bits per heavy atom. The lowest BCUT2D eigenvalue weighted by atomic mass is 9.96. The van der Waals surface area contributed by atoms with E-state index in [-0.39, 0.29) is 24.9 Å². The predicted molar refractivity (Wildman–Crippen MR) is 126 cm³/mol. The van der Waals surface area contributed by atoms with Gasteiger partial charge in [-0.3, -0.25) is 4.79 Å². The van der Waals surface area contributed by atoms with Gasteiger partial charge in [0.05, 0.1) is 19.1 Å². The number of nitrogens with two attached hydrogens (primary N) is 1. The van der Waals surface area contributed by atoms with Crippen molar-refractivity contribution in [3.63, 3.8) is 0 Å². The summed E-state index contributed by atoms with van der Waals surface area (Å²) in [6.07, 6.45) is -0.0756. The highest BCUT2D eigenvalue weighted by atomic mass is 19.1. The van der Waals surface area contributed by atoms with Crippen LogP contribution in [-0.4, -0.2) is 17.2 Å². The minimum Gasteiger partial charge on any atom is -0.489 e. The third-order valence-electron chi connectivity index (χ3n) is 5.17. The van der Waals surface area contributed by atoms with Crippen LogP contribution in [0.25, 0.3) is 11.1 Å². The number of hydrogen-bond donors (Lipinski definition) is 2. The lowest BCUT2D eigenvalue weighted by molar-refractivity contribution is -0.136. The highest BCUT2D eigenvalue weighted by molar-refractivity contribution is 5.71. The van der Waals surface area contributed by atoms with Gasteiger partial charge in [-0.25, -0.2) is 4.39 Å². The molecule has 0 fully saturated rings. The molecule has 3 N–H and O–H groups in total. The first-order valence-corrected chi connectivity index (χ1v) is 11.0. The zero-order valence-electron chi connectivity index (χ0n) is 19.2. The van der Waals surface area contributed by atoms with Gasteiger partial charge in [0.25, 0.3) is 0 Å². The number of ether oxygens (including phenoxy) is 2. The zero-order chi connectivity index (χ0) is 24.0. The van der Waals surface area contributed by atoms with E-state index in [1.165, 1.54) is 0 Å². The van der Waals surface area contributed by atoms with Crippen LogP contribution < -0.4 is 10.5 Å². The van der Waals surface area contributed by atoms with E-state index in [2.05, 4.69) is 0 Å². The van der Waals surface area contributed by atoms with Crippen LogP contribution in [0, 0.1) is 5.82 Å². The number of carboxylic acids is 1. The monoisotopic (exact) mass is 451 g/mol. The van der Waals surface area contributed by atoms with Gasteiger partial charge in [0.2, 0.25) is 0 Å². The number of para-hydroxylation sites is 1. The first kappa shape index (κ1) is 24.4.